The van der Waals surface area contributed by atoms with E-state index in [-0.39, 0.29) is 24.3 Å². The second-order valence-electron chi connectivity index (χ2n) is 9.86. The van der Waals surface area contributed by atoms with Crippen LogP contribution >= 0.6 is 12.4 Å². The summed E-state index contributed by atoms with van der Waals surface area (Å²) < 4.78 is 27.2. The molecule has 3 amide bonds. The highest BCUT2D eigenvalue weighted by atomic mass is 35.5. The number of hydrogen-bond acceptors (Lipinski definition) is 4. The van der Waals surface area contributed by atoms with Crippen molar-refractivity contribution in [2.45, 2.75) is 45.2 Å². The van der Waals surface area contributed by atoms with E-state index < -0.39 is 17.2 Å². The molecule has 2 fully saturated rings. The summed E-state index contributed by atoms with van der Waals surface area (Å²) in [7, 11) is 0. The quantitative estimate of drug-likeness (QED) is 0.348. The normalized spacial score (nSPS) is 18.1. The summed E-state index contributed by atoms with van der Waals surface area (Å²) in [5, 5.41) is 0. The zero-order valence-corrected chi connectivity index (χ0v) is 21.8. The van der Waals surface area contributed by atoms with Gasteiger partial charge in [0.2, 0.25) is 0 Å². The lowest BCUT2D eigenvalue weighted by Gasteiger charge is -2.36. The summed E-state index contributed by atoms with van der Waals surface area (Å²) in [6, 6.07) is 13.1. The highest BCUT2D eigenvalue weighted by molar-refractivity contribution is 6.06. The van der Waals surface area contributed by atoms with E-state index in [0.717, 1.165) is 50.5 Å². The number of nitrogens with zero attached hydrogens (tertiary/aromatic N) is 4. The molecule has 2 aromatic rings. The molecule has 0 N–H and O–H groups in total. The zero-order chi connectivity index (χ0) is 25.0. The lowest BCUT2D eigenvalue weighted by molar-refractivity contribution is -0.132. The van der Waals surface area contributed by atoms with Crippen LogP contribution in [0.4, 0.5) is 19.3 Å². The predicted molar refractivity (Wildman–Crippen MR) is 139 cm³/mol. The van der Waals surface area contributed by atoms with Gasteiger partial charge in [0.25, 0.3) is 5.91 Å². The molecular formula is C27H35ClF2N4O2. The van der Waals surface area contributed by atoms with Crippen LogP contribution in [-0.4, -0.2) is 71.4 Å². The third kappa shape index (κ3) is 6.16. The maximum Gasteiger partial charge on any atom is 0.327 e. The average Bonchev–Trinajstić information content (AvgIpc) is 2.99. The van der Waals surface area contributed by atoms with Crippen molar-refractivity contribution in [2.24, 2.45) is 0 Å². The molecule has 0 aliphatic carbocycles. The van der Waals surface area contributed by atoms with E-state index in [9.17, 15) is 18.4 Å². The SMILES string of the molecule is CC1(C)C(=O)N(Cc2ccccc2)C(=O)N1CCCCCN1CCN(c2ccc(F)cc2F)CC1.Cl. The van der Waals surface area contributed by atoms with Gasteiger partial charge in [-0.2, -0.15) is 0 Å². The maximum absolute atomic E-state index is 14.0. The van der Waals surface area contributed by atoms with E-state index in [1.807, 2.05) is 49.1 Å². The number of hydrogen-bond donors (Lipinski definition) is 0. The summed E-state index contributed by atoms with van der Waals surface area (Å²) in [5.74, 6) is -1.22. The van der Waals surface area contributed by atoms with Crippen molar-refractivity contribution in [3.05, 3.63) is 65.7 Å². The highest BCUT2D eigenvalue weighted by Gasteiger charge is 2.50. The minimum absolute atomic E-state index is 0. The van der Waals surface area contributed by atoms with Crippen LogP contribution in [0.1, 0.15) is 38.7 Å². The fourth-order valence-electron chi connectivity index (χ4n) is 4.93. The molecule has 2 saturated heterocycles. The maximum atomic E-state index is 14.0. The molecule has 0 atom stereocenters. The Morgan fingerprint density at radius 3 is 2.19 bits per heavy atom. The van der Waals surface area contributed by atoms with Crippen molar-refractivity contribution < 1.29 is 18.4 Å². The molecule has 0 spiro atoms. The Morgan fingerprint density at radius 2 is 1.53 bits per heavy atom. The van der Waals surface area contributed by atoms with Gasteiger partial charge in [-0.3, -0.25) is 14.6 Å². The van der Waals surface area contributed by atoms with Crippen molar-refractivity contribution >= 4 is 30.0 Å². The molecule has 2 aliphatic rings. The van der Waals surface area contributed by atoms with Crippen LogP contribution in [-0.2, 0) is 11.3 Å². The fraction of sp³-hybridized carbons (Fsp3) is 0.481. The van der Waals surface area contributed by atoms with E-state index >= 15 is 0 Å². The predicted octanol–water partition coefficient (Wildman–Crippen LogP) is 4.92. The number of imide groups is 1. The van der Waals surface area contributed by atoms with E-state index in [4.69, 9.17) is 0 Å². The largest absolute Gasteiger partial charge is 0.367 e. The molecule has 0 aromatic heterocycles. The van der Waals surface area contributed by atoms with Gasteiger partial charge in [-0.15, -0.1) is 12.4 Å². The minimum atomic E-state index is -0.835. The summed E-state index contributed by atoms with van der Waals surface area (Å²) in [5.41, 5.74) is 0.562. The zero-order valence-electron chi connectivity index (χ0n) is 21.0. The first-order chi connectivity index (χ1) is 16.8. The molecule has 4 rings (SSSR count). The van der Waals surface area contributed by atoms with Crippen LogP contribution in [0.15, 0.2) is 48.5 Å². The summed E-state index contributed by atoms with van der Waals surface area (Å²) in [6.45, 7) is 8.51. The highest BCUT2D eigenvalue weighted by Crippen LogP contribution is 2.29. The number of carbonyl (C=O) groups is 2. The summed E-state index contributed by atoms with van der Waals surface area (Å²) in [6.07, 6.45) is 2.79. The Bertz CT molecular complexity index is 1050. The number of rotatable bonds is 9. The Kier molecular flexibility index (Phi) is 9.30. The first-order valence-electron chi connectivity index (χ1n) is 12.4. The van der Waals surface area contributed by atoms with E-state index in [1.54, 1.807) is 4.90 Å². The first kappa shape index (κ1) is 27.9. The van der Waals surface area contributed by atoms with Crippen molar-refractivity contribution in [1.29, 1.82) is 0 Å². The smallest absolute Gasteiger partial charge is 0.327 e. The molecule has 0 radical (unpaired) electrons. The van der Waals surface area contributed by atoms with Gasteiger partial charge in [0, 0.05) is 38.8 Å². The Morgan fingerprint density at radius 1 is 0.861 bits per heavy atom. The molecule has 2 aromatic carbocycles. The number of amides is 3. The average molecular weight is 521 g/mol. The van der Waals surface area contributed by atoms with Crippen LogP contribution in [0.2, 0.25) is 0 Å². The molecule has 196 valence electrons. The van der Waals surface area contributed by atoms with E-state index in [0.29, 0.717) is 31.9 Å². The van der Waals surface area contributed by atoms with Crippen molar-refractivity contribution in [3.8, 4) is 0 Å². The Hall–Kier alpha value is -2.71. The molecule has 0 saturated carbocycles. The van der Waals surface area contributed by atoms with Crippen LogP contribution in [0.25, 0.3) is 0 Å². The molecule has 9 heteroatoms. The number of carbonyl (C=O) groups excluding carboxylic acids is 2. The molecule has 36 heavy (non-hydrogen) atoms. The van der Waals surface area contributed by atoms with E-state index in [2.05, 4.69) is 4.90 Å². The standard InChI is InChI=1S/C27H34F2N4O2.ClH/c1-27(2)25(34)32(20-21-9-5-3-6-10-21)26(35)33(27)14-8-4-7-13-30-15-17-31(18-16-30)24-12-11-22(28)19-23(24)29;/h3,5-6,9-12,19H,4,7-8,13-18,20H2,1-2H3;1H. The lowest BCUT2D eigenvalue weighted by Crippen LogP contribution is -2.47. The third-order valence-electron chi connectivity index (χ3n) is 7.07. The minimum Gasteiger partial charge on any atom is -0.367 e. The first-order valence-corrected chi connectivity index (χ1v) is 12.4. The van der Waals surface area contributed by atoms with Gasteiger partial charge >= 0.3 is 6.03 Å². The topological polar surface area (TPSA) is 47.1 Å². The van der Waals surface area contributed by atoms with Gasteiger partial charge in [0.1, 0.15) is 17.2 Å². The fourth-order valence-corrected chi connectivity index (χ4v) is 4.93. The summed E-state index contributed by atoms with van der Waals surface area (Å²) >= 11 is 0. The number of benzene rings is 2. The molecule has 2 heterocycles. The molecule has 6 nitrogen and oxygen atoms in total. The van der Waals surface area contributed by atoms with Crippen LogP contribution in [0.3, 0.4) is 0 Å². The lowest BCUT2D eigenvalue weighted by atomic mass is 10.0. The summed E-state index contributed by atoms with van der Waals surface area (Å²) in [4.78, 5) is 33.3. The van der Waals surface area contributed by atoms with Gasteiger partial charge in [0.15, 0.2) is 0 Å². The number of halogens is 3. The van der Waals surface area contributed by atoms with Crippen LogP contribution in [0, 0.1) is 11.6 Å². The van der Waals surface area contributed by atoms with Gasteiger partial charge in [0.05, 0.1) is 12.2 Å². The number of urea groups is 1. The molecule has 2 aliphatic heterocycles. The number of unbranched alkanes of at least 4 members (excludes halogenated alkanes) is 2. The van der Waals surface area contributed by atoms with E-state index in [1.165, 1.54) is 17.0 Å². The van der Waals surface area contributed by atoms with Crippen molar-refractivity contribution in [2.75, 3.05) is 44.2 Å². The molecule has 0 unspecified atom stereocenters. The van der Waals surface area contributed by atoms with Gasteiger partial charge in [-0.05, 0) is 50.9 Å². The molecule has 0 bridgehead atoms. The Labute approximate surface area is 218 Å². The molecular weight excluding hydrogens is 486 g/mol. The van der Waals surface area contributed by atoms with Crippen LogP contribution < -0.4 is 4.90 Å². The second-order valence-corrected chi connectivity index (χ2v) is 9.86. The van der Waals surface area contributed by atoms with Crippen molar-refractivity contribution in [1.82, 2.24) is 14.7 Å². The number of piperazine rings is 1. The van der Waals surface area contributed by atoms with Crippen molar-refractivity contribution in [3.63, 3.8) is 0 Å². The van der Waals surface area contributed by atoms with Crippen LogP contribution in [0.5, 0.6) is 0 Å². The van der Waals surface area contributed by atoms with Gasteiger partial charge in [-0.25, -0.2) is 13.6 Å². The van der Waals surface area contributed by atoms with Gasteiger partial charge in [-0.1, -0.05) is 36.8 Å². The Balaban J connectivity index is 0.00000361. The van der Waals surface area contributed by atoms with Gasteiger partial charge < -0.3 is 9.80 Å². The number of anilines is 1. The third-order valence-corrected chi connectivity index (χ3v) is 7.07. The second kappa shape index (κ2) is 12.0. The monoisotopic (exact) mass is 520 g/mol.